The van der Waals surface area contributed by atoms with E-state index in [0.717, 1.165) is 11.3 Å². The van der Waals surface area contributed by atoms with Gasteiger partial charge in [-0.3, -0.25) is 10.1 Å². The number of carboxylic acid groups (broad SMARTS) is 1. The standard InChI is InChI=1S/C12H10N2O4S/c15-10(16)6-8-7-19-11(13-8)14-12(17)18-9-4-2-1-3-5-9/h1-5,7H,6H2,(H,15,16)(H,13,14,17). The van der Waals surface area contributed by atoms with Crippen LogP contribution in [0, 0.1) is 0 Å². The van der Waals surface area contributed by atoms with Crippen LogP contribution >= 0.6 is 11.3 Å². The SMILES string of the molecule is O=C(O)Cc1csc(NC(=O)Oc2ccccc2)n1. The van der Waals surface area contributed by atoms with E-state index in [4.69, 9.17) is 9.84 Å². The molecule has 0 aliphatic heterocycles. The second kappa shape index (κ2) is 5.96. The molecule has 6 nitrogen and oxygen atoms in total. The molecule has 2 N–H and O–H groups in total. The highest BCUT2D eigenvalue weighted by Crippen LogP contribution is 2.17. The minimum atomic E-state index is -0.969. The molecule has 7 heteroatoms. The highest BCUT2D eigenvalue weighted by molar-refractivity contribution is 7.13. The molecule has 0 saturated carbocycles. The third-order valence-electron chi connectivity index (χ3n) is 2.05. The number of benzene rings is 1. The Morgan fingerprint density at radius 1 is 1.32 bits per heavy atom. The first-order valence-electron chi connectivity index (χ1n) is 5.33. The quantitative estimate of drug-likeness (QED) is 0.896. The zero-order valence-corrected chi connectivity index (χ0v) is 10.5. The summed E-state index contributed by atoms with van der Waals surface area (Å²) in [5, 5.41) is 12.9. The number of thiazole rings is 1. The molecule has 0 radical (unpaired) electrons. The van der Waals surface area contributed by atoms with Crippen molar-refractivity contribution in [2.45, 2.75) is 6.42 Å². The number of ether oxygens (including phenoxy) is 1. The number of nitrogens with zero attached hydrogens (tertiary/aromatic N) is 1. The lowest BCUT2D eigenvalue weighted by Crippen LogP contribution is -2.16. The molecule has 1 aromatic carbocycles. The van der Waals surface area contributed by atoms with Gasteiger partial charge in [0, 0.05) is 5.38 Å². The lowest BCUT2D eigenvalue weighted by atomic mass is 10.3. The van der Waals surface area contributed by atoms with Gasteiger partial charge in [-0.15, -0.1) is 11.3 Å². The van der Waals surface area contributed by atoms with Crippen LogP contribution < -0.4 is 10.1 Å². The average Bonchev–Trinajstić information content (AvgIpc) is 2.76. The van der Waals surface area contributed by atoms with Gasteiger partial charge < -0.3 is 9.84 Å². The summed E-state index contributed by atoms with van der Waals surface area (Å²) in [6.45, 7) is 0. The molecule has 0 fully saturated rings. The summed E-state index contributed by atoms with van der Waals surface area (Å²) in [5.74, 6) is -0.550. The minimum absolute atomic E-state index is 0.175. The van der Waals surface area contributed by atoms with Gasteiger partial charge >= 0.3 is 12.1 Å². The molecule has 0 atom stereocenters. The number of carbonyl (C=O) groups excluding carboxylic acids is 1. The van der Waals surface area contributed by atoms with Crippen LogP contribution in [0.25, 0.3) is 0 Å². The number of aliphatic carboxylic acids is 1. The van der Waals surface area contributed by atoms with Gasteiger partial charge in [0.15, 0.2) is 5.13 Å². The van der Waals surface area contributed by atoms with Crippen molar-refractivity contribution in [2.24, 2.45) is 0 Å². The third kappa shape index (κ3) is 4.07. The van der Waals surface area contributed by atoms with Gasteiger partial charge in [-0.1, -0.05) is 18.2 Å². The molecular formula is C12H10N2O4S. The van der Waals surface area contributed by atoms with E-state index in [0.29, 0.717) is 16.6 Å². The maximum absolute atomic E-state index is 11.5. The van der Waals surface area contributed by atoms with Crippen molar-refractivity contribution < 1.29 is 19.4 Å². The zero-order valence-electron chi connectivity index (χ0n) is 9.70. The van der Waals surface area contributed by atoms with Crippen molar-refractivity contribution in [3.05, 3.63) is 41.4 Å². The Balaban J connectivity index is 1.92. The molecule has 0 aliphatic carbocycles. The number of rotatable bonds is 4. The maximum atomic E-state index is 11.5. The van der Waals surface area contributed by atoms with Gasteiger partial charge in [0.1, 0.15) is 5.75 Å². The number of hydrogen-bond acceptors (Lipinski definition) is 5. The summed E-state index contributed by atoms with van der Waals surface area (Å²) in [5.41, 5.74) is 0.396. The van der Waals surface area contributed by atoms with Crippen LogP contribution in [0.1, 0.15) is 5.69 Å². The van der Waals surface area contributed by atoms with Crippen LogP contribution in [0.15, 0.2) is 35.7 Å². The average molecular weight is 278 g/mol. The number of nitrogens with one attached hydrogen (secondary N) is 1. The Bertz CT molecular complexity index is 582. The number of para-hydroxylation sites is 1. The van der Waals surface area contributed by atoms with Crippen LogP contribution in [0.4, 0.5) is 9.93 Å². The highest BCUT2D eigenvalue weighted by atomic mass is 32.1. The van der Waals surface area contributed by atoms with E-state index in [-0.39, 0.29) is 6.42 Å². The molecule has 0 saturated heterocycles. The van der Waals surface area contributed by atoms with E-state index in [1.165, 1.54) is 0 Å². The molecule has 1 heterocycles. The number of anilines is 1. The molecular weight excluding hydrogens is 268 g/mol. The predicted octanol–water partition coefficient (Wildman–Crippen LogP) is 2.38. The smallest absolute Gasteiger partial charge is 0.418 e. The minimum Gasteiger partial charge on any atom is -0.481 e. The van der Waals surface area contributed by atoms with Gasteiger partial charge in [-0.25, -0.2) is 9.78 Å². The van der Waals surface area contributed by atoms with E-state index < -0.39 is 12.1 Å². The highest BCUT2D eigenvalue weighted by Gasteiger charge is 2.10. The summed E-state index contributed by atoms with van der Waals surface area (Å²) in [6.07, 6.45) is -0.839. The van der Waals surface area contributed by atoms with Gasteiger partial charge in [-0.05, 0) is 12.1 Å². The second-order valence-corrected chi connectivity index (χ2v) is 4.40. The molecule has 0 unspecified atom stereocenters. The van der Waals surface area contributed by atoms with E-state index in [1.54, 1.807) is 29.6 Å². The van der Waals surface area contributed by atoms with E-state index in [2.05, 4.69) is 10.3 Å². The lowest BCUT2D eigenvalue weighted by Gasteiger charge is -2.03. The number of amides is 1. The van der Waals surface area contributed by atoms with E-state index >= 15 is 0 Å². The second-order valence-electron chi connectivity index (χ2n) is 3.54. The van der Waals surface area contributed by atoms with Crippen molar-refractivity contribution in [1.29, 1.82) is 0 Å². The molecule has 0 aliphatic rings. The van der Waals surface area contributed by atoms with E-state index in [9.17, 15) is 9.59 Å². The molecule has 98 valence electrons. The summed E-state index contributed by atoms with van der Waals surface area (Å²) in [6, 6.07) is 8.60. The topological polar surface area (TPSA) is 88.5 Å². The van der Waals surface area contributed by atoms with Crippen molar-refractivity contribution in [3.63, 3.8) is 0 Å². The summed E-state index contributed by atoms with van der Waals surface area (Å²) in [7, 11) is 0. The maximum Gasteiger partial charge on any atom is 0.418 e. The van der Waals surface area contributed by atoms with Crippen molar-refractivity contribution in [3.8, 4) is 5.75 Å². The molecule has 1 aromatic heterocycles. The van der Waals surface area contributed by atoms with Crippen LogP contribution in [0.3, 0.4) is 0 Å². The third-order valence-corrected chi connectivity index (χ3v) is 2.85. The molecule has 2 aromatic rings. The van der Waals surface area contributed by atoms with Gasteiger partial charge in [0.05, 0.1) is 12.1 Å². The fourth-order valence-electron chi connectivity index (χ4n) is 1.31. The Morgan fingerprint density at radius 3 is 2.74 bits per heavy atom. The Labute approximate surface area is 112 Å². The van der Waals surface area contributed by atoms with Crippen molar-refractivity contribution in [1.82, 2.24) is 4.98 Å². The summed E-state index contributed by atoms with van der Waals surface area (Å²) >= 11 is 1.14. The Kier molecular flexibility index (Phi) is 4.09. The molecule has 19 heavy (non-hydrogen) atoms. The van der Waals surface area contributed by atoms with Gasteiger partial charge in [0.2, 0.25) is 0 Å². The monoisotopic (exact) mass is 278 g/mol. The predicted molar refractivity (Wildman–Crippen MR) is 69.5 cm³/mol. The van der Waals surface area contributed by atoms with Crippen LogP contribution in [0.5, 0.6) is 5.75 Å². The molecule has 0 spiro atoms. The first-order chi connectivity index (χ1) is 9.13. The van der Waals surface area contributed by atoms with E-state index in [1.807, 2.05) is 6.07 Å². The Morgan fingerprint density at radius 2 is 2.05 bits per heavy atom. The molecule has 2 rings (SSSR count). The fraction of sp³-hybridized carbons (Fsp3) is 0.0833. The van der Waals surface area contributed by atoms with Crippen molar-refractivity contribution in [2.75, 3.05) is 5.32 Å². The number of carboxylic acids is 1. The zero-order chi connectivity index (χ0) is 13.7. The summed E-state index contributed by atoms with van der Waals surface area (Å²) < 4.78 is 5.01. The van der Waals surface area contributed by atoms with Crippen molar-refractivity contribution >= 4 is 28.5 Å². The number of aromatic nitrogens is 1. The molecule has 0 bridgehead atoms. The first-order valence-corrected chi connectivity index (χ1v) is 6.21. The van der Waals surface area contributed by atoms with Crippen LogP contribution in [-0.4, -0.2) is 22.2 Å². The van der Waals surface area contributed by atoms with Gasteiger partial charge in [0.25, 0.3) is 0 Å². The number of hydrogen-bond donors (Lipinski definition) is 2. The molecule has 1 amide bonds. The summed E-state index contributed by atoms with van der Waals surface area (Å²) in [4.78, 5) is 26.0. The Hall–Kier alpha value is -2.41. The lowest BCUT2D eigenvalue weighted by molar-refractivity contribution is -0.136. The van der Waals surface area contributed by atoms with Crippen LogP contribution in [0.2, 0.25) is 0 Å². The van der Waals surface area contributed by atoms with Crippen LogP contribution in [-0.2, 0) is 11.2 Å². The number of carbonyl (C=O) groups is 2. The first kappa shape index (κ1) is 13.0. The normalized spacial score (nSPS) is 9.89. The largest absolute Gasteiger partial charge is 0.481 e. The van der Waals surface area contributed by atoms with Gasteiger partial charge in [-0.2, -0.15) is 0 Å². The fourth-order valence-corrected chi connectivity index (χ4v) is 2.00.